The fourth-order valence-electron chi connectivity index (χ4n) is 2.28. The van der Waals surface area contributed by atoms with Crippen LogP contribution in [0, 0.1) is 5.41 Å². The normalized spacial score (nSPS) is 13.0. The van der Waals surface area contributed by atoms with Crippen LogP contribution in [-0.2, 0) is 19.2 Å². The SMILES string of the molecule is N=CCNCCCCC(N)C(=O)NCC(=O)ON=CCNCCCCC(N)C(=O)O. The first-order valence-corrected chi connectivity index (χ1v) is 10.0. The van der Waals surface area contributed by atoms with Crippen molar-refractivity contribution in [2.75, 3.05) is 32.7 Å². The van der Waals surface area contributed by atoms with E-state index < -0.39 is 29.9 Å². The number of rotatable bonds is 19. The quantitative estimate of drug-likeness (QED) is 0.0553. The summed E-state index contributed by atoms with van der Waals surface area (Å²) in [6, 6.07) is -1.53. The van der Waals surface area contributed by atoms with Crippen LogP contribution in [0.4, 0.5) is 0 Å². The summed E-state index contributed by atoms with van der Waals surface area (Å²) in [6.45, 7) is 1.99. The molecule has 30 heavy (non-hydrogen) atoms. The van der Waals surface area contributed by atoms with Gasteiger partial charge in [0.2, 0.25) is 5.91 Å². The number of carboxylic acids is 1. The summed E-state index contributed by atoms with van der Waals surface area (Å²) in [4.78, 5) is 38.5. The van der Waals surface area contributed by atoms with Crippen LogP contribution in [0.2, 0.25) is 0 Å². The van der Waals surface area contributed by atoms with Crippen molar-refractivity contribution in [1.82, 2.24) is 16.0 Å². The molecule has 0 spiro atoms. The number of carbonyl (C=O) groups is 3. The average Bonchev–Trinajstić information content (AvgIpc) is 2.72. The fourth-order valence-corrected chi connectivity index (χ4v) is 2.28. The van der Waals surface area contributed by atoms with E-state index in [2.05, 4.69) is 25.9 Å². The van der Waals surface area contributed by atoms with Crippen LogP contribution in [0.5, 0.6) is 0 Å². The summed E-state index contributed by atoms with van der Waals surface area (Å²) >= 11 is 0. The Morgan fingerprint density at radius 3 is 2.20 bits per heavy atom. The number of carbonyl (C=O) groups excluding carboxylic acids is 2. The number of oxime groups is 1. The average molecular weight is 430 g/mol. The second-order valence-corrected chi connectivity index (χ2v) is 6.62. The maximum Gasteiger partial charge on any atom is 0.353 e. The summed E-state index contributed by atoms with van der Waals surface area (Å²) in [5, 5.41) is 27.5. The highest BCUT2D eigenvalue weighted by molar-refractivity contribution is 5.85. The van der Waals surface area contributed by atoms with E-state index in [1.807, 2.05) is 0 Å². The number of nitrogens with one attached hydrogen (secondary N) is 4. The van der Waals surface area contributed by atoms with Crippen molar-refractivity contribution in [3.63, 3.8) is 0 Å². The van der Waals surface area contributed by atoms with Gasteiger partial charge in [-0.25, -0.2) is 4.79 Å². The lowest BCUT2D eigenvalue weighted by molar-refractivity contribution is -0.144. The Hall–Kier alpha value is -2.41. The van der Waals surface area contributed by atoms with Crippen molar-refractivity contribution >= 4 is 30.3 Å². The predicted octanol–water partition coefficient (Wildman–Crippen LogP) is -1.46. The zero-order valence-electron chi connectivity index (χ0n) is 17.3. The van der Waals surface area contributed by atoms with E-state index in [0.717, 1.165) is 25.8 Å². The molecule has 0 aliphatic carbocycles. The highest BCUT2D eigenvalue weighted by atomic mass is 16.7. The van der Waals surface area contributed by atoms with E-state index in [-0.39, 0.29) is 6.54 Å². The maximum absolute atomic E-state index is 11.8. The van der Waals surface area contributed by atoms with Gasteiger partial charge in [-0.15, -0.1) is 0 Å². The molecule has 2 atom stereocenters. The number of nitrogens with zero attached hydrogens (tertiary/aromatic N) is 1. The minimum Gasteiger partial charge on any atom is -0.480 e. The summed E-state index contributed by atoms with van der Waals surface area (Å²) in [7, 11) is 0. The summed E-state index contributed by atoms with van der Waals surface area (Å²) in [6.07, 6.45) is 6.63. The zero-order chi connectivity index (χ0) is 22.6. The predicted molar refractivity (Wildman–Crippen MR) is 113 cm³/mol. The first kappa shape index (κ1) is 27.6. The van der Waals surface area contributed by atoms with Crippen LogP contribution in [0.25, 0.3) is 0 Å². The lowest BCUT2D eigenvalue weighted by atomic mass is 10.1. The standard InChI is InChI=1S/C18H35N7O5/c19-7-10-22-8-3-1-5-14(20)17(27)24-13-16(26)30-25-12-11-23-9-4-2-6-15(21)18(28)29/h7,12,14-15,19,22-23H,1-6,8-11,13,20-21H2,(H,24,27)(H,28,29). The third-order valence-electron chi connectivity index (χ3n) is 4.01. The Bertz CT molecular complexity index is 545. The van der Waals surface area contributed by atoms with Gasteiger partial charge in [-0.1, -0.05) is 18.0 Å². The van der Waals surface area contributed by atoms with Crippen LogP contribution in [-0.4, -0.2) is 80.2 Å². The molecule has 0 heterocycles. The lowest BCUT2D eigenvalue weighted by Crippen LogP contribution is -2.42. The lowest BCUT2D eigenvalue weighted by Gasteiger charge is -2.11. The van der Waals surface area contributed by atoms with Crippen molar-refractivity contribution in [2.24, 2.45) is 16.6 Å². The Balaban J connectivity index is 3.65. The van der Waals surface area contributed by atoms with Gasteiger partial charge >= 0.3 is 11.9 Å². The van der Waals surface area contributed by atoms with Crippen LogP contribution in [0.3, 0.4) is 0 Å². The highest BCUT2D eigenvalue weighted by Crippen LogP contribution is 1.99. The Morgan fingerprint density at radius 1 is 1.00 bits per heavy atom. The number of amides is 1. The summed E-state index contributed by atoms with van der Waals surface area (Å²) in [5.74, 6) is -2.13. The van der Waals surface area contributed by atoms with E-state index in [4.69, 9.17) is 22.0 Å². The molecule has 0 bridgehead atoms. The molecule has 0 aromatic heterocycles. The van der Waals surface area contributed by atoms with Crippen molar-refractivity contribution in [3.05, 3.63) is 0 Å². The van der Waals surface area contributed by atoms with E-state index in [1.54, 1.807) is 0 Å². The summed E-state index contributed by atoms with van der Waals surface area (Å²) < 4.78 is 0. The molecular formula is C18H35N7O5. The molecule has 172 valence electrons. The Morgan fingerprint density at radius 2 is 1.60 bits per heavy atom. The van der Waals surface area contributed by atoms with Gasteiger partial charge in [0.15, 0.2) is 0 Å². The highest BCUT2D eigenvalue weighted by Gasteiger charge is 2.14. The second-order valence-electron chi connectivity index (χ2n) is 6.62. The van der Waals surface area contributed by atoms with Gasteiger partial charge < -0.3 is 42.8 Å². The smallest absolute Gasteiger partial charge is 0.353 e. The first-order valence-electron chi connectivity index (χ1n) is 10.0. The van der Waals surface area contributed by atoms with Crippen LogP contribution in [0.15, 0.2) is 5.16 Å². The zero-order valence-corrected chi connectivity index (χ0v) is 17.3. The van der Waals surface area contributed by atoms with Gasteiger partial charge in [0.25, 0.3) is 0 Å². The molecule has 0 aliphatic heterocycles. The molecule has 0 aromatic rings. The van der Waals surface area contributed by atoms with Gasteiger partial charge in [0.05, 0.1) is 12.3 Å². The molecular weight excluding hydrogens is 394 g/mol. The first-order chi connectivity index (χ1) is 14.4. The fraction of sp³-hybridized carbons (Fsp3) is 0.722. The number of nitrogens with two attached hydrogens (primary N) is 2. The minimum atomic E-state index is -1.00. The van der Waals surface area contributed by atoms with E-state index in [9.17, 15) is 14.4 Å². The van der Waals surface area contributed by atoms with Gasteiger partial charge in [-0.3, -0.25) is 9.59 Å². The Kier molecular flexibility index (Phi) is 17.1. The monoisotopic (exact) mass is 429 g/mol. The largest absolute Gasteiger partial charge is 0.480 e. The third kappa shape index (κ3) is 16.5. The molecule has 0 fully saturated rings. The molecule has 1 amide bonds. The second kappa shape index (κ2) is 18.6. The van der Waals surface area contributed by atoms with E-state index >= 15 is 0 Å². The van der Waals surface area contributed by atoms with Crippen LogP contribution >= 0.6 is 0 Å². The molecule has 9 N–H and O–H groups in total. The van der Waals surface area contributed by atoms with Gasteiger partial charge in [-0.05, 0) is 38.8 Å². The third-order valence-corrected chi connectivity index (χ3v) is 4.01. The van der Waals surface area contributed by atoms with Gasteiger partial charge in [0.1, 0.15) is 12.6 Å². The van der Waals surface area contributed by atoms with Crippen molar-refractivity contribution in [3.8, 4) is 0 Å². The van der Waals surface area contributed by atoms with E-state index in [0.29, 0.717) is 38.9 Å². The molecule has 0 rings (SSSR count). The maximum atomic E-state index is 11.8. The van der Waals surface area contributed by atoms with Gasteiger partial charge in [0, 0.05) is 19.3 Å². The van der Waals surface area contributed by atoms with E-state index in [1.165, 1.54) is 12.4 Å². The van der Waals surface area contributed by atoms with Crippen molar-refractivity contribution < 1.29 is 24.3 Å². The molecule has 0 saturated carbocycles. The summed E-state index contributed by atoms with van der Waals surface area (Å²) in [5.41, 5.74) is 11.2. The number of unbranched alkanes of at least 4 members (excludes halogenated alkanes) is 2. The minimum absolute atomic E-state index is 0.317. The number of hydrogen-bond acceptors (Lipinski definition) is 10. The molecule has 0 saturated heterocycles. The molecule has 0 radical (unpaired) electrons. The molecule has 0 aromatic carbocycles. The van der Waals surface area contributed by atoms with Gasteiger partial charge in [-0.2, -0.15) is 0 Å². The molecule has 12 heteroatoms. The van der Waals surface area contributed by atoms with Crippen molar-refractivity contribution in [2.45, 2.75) is 50.6 Å². The van der Waals surface area contributed by atoms with Crippen LogP contribution in [0.1, 0.15) is 38.5 Å². The molecule has 0 aliphatic rings. The number of hydrogen-bond donors (Lipinski definition) is 7. The number of aliphatic carboxylic acids is 1. The van der Waals surface area contributed by atoms with Crippen LogP contribution < -0.4 is 27.4 Å². The molecule has 12 nitrogen and oxygen atoms in total. The topological polar surface area (TPSA) is 205 Å². The number of carboxylic acid groups (broad SMARTS) is 1. The Labute approximate surface area is 176 Å². The molecule has 2 unspecified atom stereocenters. The van der Waals surface area contributed by atoms with Crippen molar-refractivity contribution in [1.29, 1.82) is 5.41 Å².